The summed E-state index contributed by atoms with van der Waals surface area (Å²) in [4.78, 5) is 13.2. The van der Waals surface area contributed by atoms with Crippen LogP contribution >= 0.6 is 0 Å². The van der Waals surface area contributed by atoms with Gasteiger partial charge in [-0.3, -0.25) is 0 Å². The number of carbonyl (C=O) groups excluding carboxylic acids is 1. The fourth-order valence-corrected chi connectivity index (χ4v) is 1.19. The van der Waals surface area contributed by atoms with Crippen LogP contribution in [0.2, 0.25) is 0 Å². The second kappa shape index (κ2) is 3.91. The van der Waals surface area contributed by atoms with E-state index in [1.54, 1.807) is 6.07 Å². The van der Waals surface area contributed by atoms with Gasteiger partial charge in [0.25, 0.3) is 5.92 Å². The van der Waals surface area contributed by atoms with E-state index in [0.717, 1.165) is 0 Å². The average molecular weight is 211 g/mol. The average Bonchev–Trinajstić information content (AvgIpc) is 2.19. The Morgan fingerprint density at radius 2 is 1.73 bits per heavy atom. The molecule has 0 N–H and O–H groups in total. The van der Waals surface area contributed by atoms with Gasteiger partial charge in [-0.2, -0.15) is 13.8 Å². The maximum atomic E-state index is 13.8. The molecule has 0 aromatic heterocycles. The van der Waals surface area contributed by atoms with Crippen molar-refractivity contribution in [1.29, 1.82) is 0 Å². The molecular formula is C11H11F2NO. The first kappa shape index (κ1) is 11.5. The maximum absolute atomic E-state index is 13.8. The normalized spacial score (nSPS) is 12.0. The lowest BCUT2D eigenvalue weighted by Crippen LogP contribution is -2.38. The van der Waals surface area contributed by atoms with Crippen LogP contribution in [0.5, 0.6) is 0 Å². The Morgan fingerprint density at radius 3 is 2.20 bits per heavy atom. The molecule has 0 saturated carbocycles. The molecule has 0 radical (unpaired) electrons. The Kier molecular flexibility index (Phi) is 3.01. The van der Waals surface area contributed by atoms with Crippen LogP contribution in [-0.2, 0) is 10.7 Å². The van der Waals surface area contributed by atoms with Crippen molar-refractivity contribution >= 4 is 6.08 Å². The van der Waals surface area contributed by atoms with Crippen molar-refractivity contribution in [2.45, 2.75) is 25.3 Å². The Hall–Kier alpha value is -1.54. The van der Waals surface area contributed by atoms with E-state index in [1.165, 1.54) is 44.2 Å². The molecule has 0 fully saturated rings. The first-order valence-electron chi connectivity index (χ1n) is 4.44. The van der Waals surface area contributed by atoms with Crippen LogP contribution in [0.15, 0.2) is 35.3 Å². The molecule has 0 bridgehead atoms. The van der Waals surface area contributed by atoms with Gasteiger partial charge >= 0.3 is 0 Å². The van der Waals surface area contributed by atoms with Crippen LogP contribution < -0.4 is 0 Å². The van der Waals surface area contributed by atoms with Gasteiger partial charge in [-0.1, -0.05) is 30.3 Å². The Labute approximate surface area is 86.6 Å². The van der Waals surface area contributed by atoms with E-state index in [4.69, 9.17) is 0 Å². The third kappa shape index (κ3) is 2.10. The van der Waals surface area contributed by atoms with Crippen molar-refractivity contribution in [2.75, 3.05) is 0 Å². The molecule has 0 saturated heterocycles. The van der Waals surface area contributed by atoms with Gasteiger partial charge in [-0.15, -0.1) is 0 Å². The summed E-state index contributed by atoms with van der Waals surface area (Å²) in [6.45, 7) is 2.40. The SMILES string of the molecule is CC(C)(N=C=O)C(F)(F)c1ccccc1. The second-order valence-corrected chi connectivity index (χ2v) is 3.70. The van der Waals surface area contributed by atoms with Crippen molar-refractivity contribution in [3.05, 3.63) is 35.9 Å². The minimum atomic E-state index is -3.19. The minimum Gasteiger partial charge on any atom is -0.211 e. The Morgan fingerprint density at radius 1 is 1.20 bits per heavy atom. The van der Waals surface area contributed by atoms with E-state index in [-0.39, 0.29) is 5.56 Å². The molecule has 0 aliphatic carbocycles. The van der Waals surface area contributed by atoms with Crippen LogP contribution in [0.1, 0.15) is 19.4 Å². The Balaban J connectivity index is 3.18. The molecule has 1 aromatic rings. The lowest BCUT2D eigenvalue weighted by atomic mass is 9.91. The number of alkyl halides is 2. The van der Waals surface area contributed by atoms with E-state index >= 15 is 0 Å². The lowest BCUT2D eigenvalue weighted by molar-refractivity contribution is -0.0660. The molecule has 0 amide bonds. The zero-order valence-corrected chi connectivity index (χ0v) is 8.50. The monoisotopic (exact) mass is 211 g/mol. The highest BCUT2D eigenvalue weighted by Gasteiger charge is 2.48. The highest BCUT2D eigenvalue weighted by molar-refractivity contribution is 5.36. The number of hydrogen-bond acceptors (Lipinski definition) is 2. The molecule has 0 spiro atoms. The number of halogens is 2. The number of aliphatic imine (C=N–C) groups is 1. The summed E-state index contributed by atoms with van der Waals surface area (Å²) in [6, 6.07) is 7.30. The van der Waals surface area contributed by atoms with Crippen molar-refractivity contribution in [2.24, 2.45) is 4.99 Å². The van der Waals surface area contributed by atoms with E-state index in [1.807, 2.05) is 0 Å². The summed E-state index contributed by atoms with van der Waals surface area (Å²) in [6.07, 6.45) is 1.18. The predicted octanol–water partition coefficient (Wildman–Crippen LogP) is 2.89. The molecule has 2 nitrogen and oxygen atoms in total. The standard InChI is InChI=1S/C11H11F2NO/c1-10(2,14-8-15)11(12,13)9-6-4-3-5-7-9/h3-7H,1-2H3. The fraction of sp³-hybridized carbons (Fsp3) is 0.364. The molecule has 0 aliphatic rings. The second-order valence-electron chi connectivity index (χ2n) is 3.70. The quantitative estimate of drug-likeness (QED) is 0.558. The summed E-state index contributed by atoms with van der Waals surface area (Å²) < 4.78 is 27.7. The molecule has 80 valence electrons. The van der Waals surface area contributed by atoms with E-state index in [2.05, 4.69) is 4.99 Å². The highest BCUT2D eigenvalue weighted by atomic mass is 19.3. The van der Waals surface area contributed by atoms with Gasteiger partial charge < -0.3 is 0 Å². The molecule has 0 aliphatic heterocycles. The number of rotatable bonds is 3. The number of hydrogen-bond donors (Lipinski definition) is 0. The summed E-state index contributed by atoms with van der Waals surface area (Å²) in [7, 11) is 0. The highest BCUT2D eigenvalue weighted by Crippen LogP contribution is 2.40. The van der Waals surface area contributed by atoms with Crippen molar-refractivity contribution in [3.8, 4) is 0 Å². The summed E-state index contributed by atoms with van der Waals surface area (Å²) in [5.41, 5.74) is -1.94. The van der Waals surface area contributed by atoms with Crippen LogP contribution in [0.4, 0.5) is 8.78 Å². The topological polar surface area (TPSA) is 29.4 Å². The van der Waals surface area contributed by atoms with E-state index < -0.39 is 11.5 Å². The van der Waals surface area contributed by atoms with Gasteiger partial charge in [-0.05, 0) is 13.8 Å². The summed E-state index contributed by atoms with van der Waals surface area (Å²) >= 11 is 0. The summed E-state index contributed by atoms with van der Waals surface area (Å²) in [5.74, 6) is -3.19. The third-order valence-electron chi connectivity index (χ3n) is 2.23. The number of nitrogens with zero attached hydrogens (tertiary/aromatic N) is 1. The van der Waals surface area contributed by atoms with Crippen molar-refractivity contribution < 1.29 is 13.6 Å². The third-order valence-corrected chi connectivity index (χ3v) is 2.23. The minimum absolute atomic E-state index is 0.158. The maximum Gasteiger partial charge on any atom is 0.298 e. The fourth-order valence-electron chi connectivity index (χ4n) is 1.19. The van der Waals surface area contributed by atoms with Gasteiger partial charge in [0, 0.05) is 5.56 Å². The van der Waals surface area contributed by atoms with Gasteiger partial charge in [0.2, 0.25) is 6.08 Å². The molecule has 4 heteroatoms. The number of isocyanates is 1. The van der Waals surface area contributed by atoms with Gasteiger partial charge in [0.15, 0.2) is 0 Å². The smallest absolute Gasteiger partial charge is 0.211 e. The van der Waals surface area contributed by atoms with Crippen LogP contribution in [0.3, 0.4) is 0 Å². The molecule has 15 heavy (non-hydrogen) atoms. The van der Waals surface area contributed by atoms with Crippen LogP contribution in [0.25, 0.3) is 0 Å². The number of benzene rings is 1. The van der Waals surface area contributed by atoms with Crippen molar-refractivity contribution in [3.63, 3.8) is 0 Å². The van der Waals surface area contributed by atoms with Crippen LogP contribution in [0, 0.1) is 0 Å². The van der Waals surface area contributed by atoms with E-state index in [9.17, 15) is 13.6 Å². The molecular weight excluding hydrogens is 200 g/mol. The zero-order chi connectivity index (χ0) is 11.5. The molecule has 0 unspecified atom stereocenters. The molecule has 0 heterocycles. The molecule has 0 atom stereocenters. The van der Waals surface area contributed by atoms with Crippen molar-refractivity contribution in [1.82, 2.24) is 0 Å². The largest absolute Gasteiger partial charge is 0.298 e. The summed E-state index contributed by atoms with van der Waals surface area (Å²) in [5, 5.41) is 0. The van der Waals surface area contributed by atoms with Gasteiger partial charge in [-0.25, -0.2) is 4.79 Å². The van der Waals surface area contributed by atoms with E-state index in [0.29, 0.717) is 0 Å². The molecule has 1 rings (SSSR count). The van der Waals surface area contributed by atoms with Crippen LogP contribution in [-0.4, -0.2) is 11.6 Å². The first-order chi connectivity index (χ1) is 6.92. The van der Waals surface area contributed by atoms with Gasteiger partial charge in [0.1, 0.15) is 5.54 Å². The Bertz CT molecular complexity index is 381. The predicted molar refractivity (Wildman–Crippen MR) is 52.5 cm³/mol. The zero-order valence-electron chi connectivity index (χ0n) is 8.50. The first-order valence-corrected chi connectivity index (χ1v) is 4.44. The molecule has 1 aromatic carbocycles. The lowest BCUT2D eigenvalue weighted by Gasteiger charge is -2.29. The van der Waals surface area contributed by atoms with Gasteiger partial charge in [0.05, 0.1) is 0 Å².